The molecular formula is C25H18F2N4O2S2. The first-order chi connectivity index (χ1) is 16.7. The standard InChI is InChI=1S/C25H18F2N4O2S2/c1-13-23(34-14(2)29-13)22-24(25(33)30-16-8-6-15(12-28)7-9-16)35-21(31-22)11-17(32)10-18-19(26)4-3-5-20(18)27/h3-9H,10-11H2,1-2H3,(H,30,33). The first-order valence-electron chi connectivity index (χ1n) is 10.5. The molecule has 6 nitrogen and oxygen atoms in total. The maximum Gasteiger partial charge on any atom is 0.268 e. The van der Waals surface area contributed by atoms with E-state index in [9.17, 15) is 18.4 Å². The number of aromatic nitrogens is 2. The van der Waals surface area contributed by atoms with Gasteiger partial charge in [0.2, 0.25) is 0 Å². The number of hydrogen-bond acceptors (Lipinski definition) is 7. The molecule has 0 bridgehead atoms. The molecule has 0 unspecified atom stereocenters. The molecule has 176 valence electrons. The number of halogens is 2. The fourth-order valence-corrected chi connectivity index (χ4v) is 5.42. The first-order valence-corrected chi connectivity index (χ1v) is 12.1. The molecule has 0 aliphatic rings. The average Bonchev–Trinajstić information content (AvgIpc) is 3.38. The number of nitriles is 1. The molecule has 35 heavy (non-hydrogen) atoms. The zero-order valence-corrected chi connectivity index (χ0v) is 20.3. The molecule has 4 aromatic rings. The van der Waals surface area contributed by atoms with Crippen molar-refractivity contribution in [2.45, 2.75) is 26.7 Å². The highest BCUT2D eigenvalue weighted by Gasteiger charge is 2.24. The number of carbonyl (C=O) groups excluding carboxylic acids is 2. The Morgan fingerprint density at radius 2 is 1.69 bits per heavy atom. The summed E-state index contributed by atoms with van der Waals surface area (Å²) in [5.41, 5.74) is 1.78. The van der Waals surface area contributed by atoms with Gasteiger partial charge in [-0.1, -0.05) is 6.07 Å². The molecule has 4 rings (SSSR count). The van der Waals surface area contributed by atoms with E-state index in [-0.39, 0.29) is 12.0 Å². The lowest BCUT2D eigenvalue weighted by atomic mass is 10.1. The Bertz CT molecular complexity index is 1450. The monoisotopic (exact) mass is 508 g/mol. The van der Waals surface area contributed by atoms with Crippen LogP contribution in [0.3, 0.4) is 0 Å². The highest BCUT2D eigenvalue weighted by atomic mass is 32.1. The summed E-state index contributed by atoms with van der Waals surface area (Å²) >= 11 is 2.43. The summed E-state index contributed by atoms with van der Waals surface area (Å²) in [7, 11) is 0. The molecule has 0 radical (unpaired) electrons. The summed E-state index contributed by atoms with van der Waals surface area (Å²) < 4.78 is 27.9. The first kappa shape index (κ1) is 24.3. The van der Waals surface area contributed by atoms with E-state index < -0.39 is 29.7 Å². The third kappa shape index (κ3) is 5.48. The van der Waals surface area contributed by atoms with E-state index >= 15 is 0 Å². The van der Waals surface area contributed by atoms with Crippen LogP contribution in [0.4, 0.5) is 14.5 Å². The second kappa shape index (κ2) is 10.2. The number of anilines is 1. The minimum absolute atomic E-state index is 0.174. The van der Waals surface area contributed by atoms with Crippen LogP contribution in [-0.4, -0.2) is 21.7 Å². The number of nitrogens with zero attached hydrogens (tertiary/aromatic N) is 3. The normalized spacial score (nSPS) is 10.7. The predicted molar refractivity (Wildman–Crippen MR) is 131 cm³/mol. The Kier molecular flexibility index (Phi) is 7.10. The lowest BCUT2D eigenvalue weighted by Gasteiger charge is -2.05. The van der Waals surface area contributed by atoms with Crippen molar-refractivity contribution in [2.75, 3.05) is 5.32 Å². The molecule has 2 aromatic carbocycles. The van der Waals surface area contributed by atoms with Crippen molar-refractivity contribution in [3.63, 3.8) is 0 Å². The molecule has 0 aliphatic carbocycles. The van der Waals surface area contributed by atoms with E-state index in [0.29, 0.717) is 37.4 Å². The summed E-state index contributed by atoms with van der Waals surface area (Å²) in [5.74, 6) is -2.41. The lowest BCUT2D eigenvalue weighted by molar-refractivity contribution is -0.117. The molecule has 1 amide bonds. The van der Waals surface area contributed by atoms with Crippen molar-refractivity contribution in [2.24, 2.45) is 0 Å². The highest BCUT2D eigenvalue weighted by Crippen LogP contribution is 2.35. The third-order valence-electron chi connectivity index (χ3n) is 5.05. The van der Waals surface area contributed by atoms with Gasteiger partial charge in [-0.05, 0) is 50.2 Å². The number of rotatable bonds is 7. The topological polar surface area (TPSA) is 95.7 Å². The molecule has 10 heteroatoms. The van der Waals surface area contributed by atoms with E-state index in [1.807, 2.05) is 19.9 Å². The number of ketones is 1. The second-order valence-electron chi connectivity index (χ2n) is 7.67. The molecule has 1 N–H and O–H groups in total. The molecular weight excluding hydrogens is 490 g/mol. The van der Waals surface area contributed by atoms with Crippen molar-refractivity contribution in [3.8, 4) is 16.6 Å². The van der Waals surface area contributed by atoms with Crippen LogP contribution in [0.25, 0.3) is 10.6 Å². The molecule has 0 saturated carbocycles. The van der Waals surface area contributed by atoms with Gasteiger partial charge < -0.3 is 5.32 Å². The smallest absolute Gasteiger partial charge is 0.268 e. The molecule has 0 atom stereocenters. The van der Waals surface area contributed by atoms with E-state index in [1.165, 1.54) is 17.4 Å². The Labute approximate surface area is 207 Å². The number of benzene rings is 2. The Hall–Kier alpha value is -3.81. The third-order valence-corrected chi connectivity index (χ3v) is 7.19. The van der Waals surface area contributed by atoms with Crippen molar-refractivity contribution < 1.29 is 18.4 Å². The highest BCUT2D eigenvalue weighted by molar-refractivity contribution is 7.17. The van der Waals surface area contributed by atoms with Gasteiger partial charge in [0.05, 0.1) is 33.6 Å². The number of nitrogens with one attached hydrogen (secondary N) is 1. The van der Waals surface area contributed by atoms with Crippen molar-refractivity contribution in [3.05, 3.63) is 85.8 Å². The summed E-state index contributed by atoms with van der Waals surface area (Å²) in [6.45, 7) is 3.66. The van der Waals surface area contributed by atoms with Gasteiger partial charge >= 0.3 is 0 Å². The van der Waals surface area contributed by atoms with Gasteiger partial charge in [0, 0.05) is 17.7 Å². The number of hydrogen-bond donors (Lipinski definition) is 1. The van der Waals surface area contributed by atoms with Gasteiger partial charge in [0.25, 0.3) is 5.91 Å². The van der Waals surface area contributed by atoms with Crippen LogP contribution in [0.5, 0.6) is 0 Å². The van der Waals surface area contributed by atoms with Gasteiger partial charge in [-0.15, -0.1) is 22.7 Å². The zero-order valence-electron chi connectivity index (χ0n) is 18.7. The van der Waals surface area contributed by atoms with Crippen molar-refractivity contribution in [1.29, 1.82) is 5.26 Å². The summed E-state index contributed by atoms with van der Waals surface area (Å²) in [6, 6.07) is 11.9. The SMILES string of the molecule is Cc1nc(C)c(-c2nc(CC(=O)Cc3c(F)cccc3F)sc2C(=O)Nc2ccc(C#N)cc2)s1. The maximum absolute atomic E-state index is 14.0. The molecule has 0 aliphatic heterocycles. The molecule has 0 fully saturated rings. The van der Waals surface area contributed by atoms with Gasteiger partial charge in [-0.25, -0.2) is 18.7 Å². The number of Topliss-reactive ketones (excluding diaryl/α,β-unsaturated/α-hetero) is 1. The molecule has 2 aromatic heterocycles. The largest absolute Gasteiger partial charge is 0.321 e. The number of aryl methyl sites for hydroxylation is 2. The van der Waals surface area contributed by atoms with Crippen LogP contribution in [0.2, 0.25) is 0 Å². The van der Waals surface area contributed by atoms with Crippen molar-refractivity contribution >= 4 is 40.1 Å². The summed E-state index contributed by atoms with van der Waals surface area (Å²) in [6.07, 6.45) is -0.592. The Balaban J connectivity index is 1.63. The van der Waals surface area contributed by atoms with Crippen LogP contribution in [0, 0.1) is 36.8 Å². The fraction of sp³-hybridized carbons (Fsp3) is 0.160. The Morgan fingerprint density at radius 3 is 2.29 bits per heavy atom. The van der Waals surface area contributed by atoms with E-state index in [2.05, 4.69) is 15.3 Å². The minimum Gasteiger partial charge on any atom is -0.321 e. The minimum atomic E-state index is -0.781. The van der Waals surface area contributed by atoms with Crippen LogP contribution in [0.1, 0.15) is 36.5 Å². The van der Waals surface area contributed by atoms with E-state index in [0.717, 1.165) is 28.5 Å². The van der Waals surface area contributed by atoms with Gasteiger partial charge in [-0.3, -0.25) is 9.59 Å². The summed E-state index contributed by atoms with van der Waals surface area (Å²) in [4.78, 5) is 35.7. The fourth-order valence-electron chi connectivity index (χ4n) is 3.44. The molecule has 0 spiro atoms. The van der Waals surface area contributed by atoms with Crippen LogP contribution in [0.15, 0.2) is 42.5 Å². The molecule has 0 saturated heterocycles. The molecule has 2 heterocycles. The average molecular weight is 509 g/mol. The van der Waals surface area contributed by atoms with Crippen LogP contribution < -0.4 is 5.32 Å². The van der Waals surface area contributed by atoms with E-state index in [4.69, 9.17) is 5.26 Å². The maximum atomic E-state index is 14.0. The quantitative estimate of drug-likeness (QED) is 0.349. The van der Waals surface area contributed by atoms with Crippen LogP contribution >= 0.6 is 22.7 Å². The Morgan fingerprint density at radius 1 is 1.00 bits per heavy atom. The summed E-state index contributed by atoms with van der Waals surface area (Å²) in [5, 5.41) is 12.9. The number of amides is 1. The number of carbonyl (C=O) groups is 2. The van der Waals surface area contributed by atoms with Gasteiger partial charge in [-0.2, -0.15) is 5.26 Å². The predicted octanol–water partition coefficient (Wildman–Crippen LogP) is 5.64. The van der Waals surface area contributed by atoms with Crippen molar-refractivity contribution in [1.82, 2.24) is 9.97 Å². The van der Waals surface area contributed by atoms with Gasteiger partial charge in [0.15, 0.2) is 0 Å². The van der Waals surface area contributed by atoms with Crippen LogP contribution in [-0.2, 0) is 17.6 Å². The second-order valence-corrected chi connectivity index (χ2v) is 9.96. The van der Waals surface area contributed by atoms with Gasteiger partial charge in [0.1, 0.15) is 33.0 Å². The number of thiazole rings is 2. The van der Waals surface area contributed by atoms with E-state index in [1.54, 1.807) is 24.3 Å². The zero-order chi connectivity index (χ0) is 25.1. The lowest BCUT2D eigenvalue weighted by Crippen LogP contribution is -2.11.